The maximum absolute atomic E-state index is 6.33. The number of hydrogen-bond donors (Lipinski definition) is 1. The smallest absolute Gasteiger partial charge is 0.164 e. The van der Waals surface area contributed by atoms with Gasteiger partial charge in [0.15, 0.2) is 11.5 Å². The first-order valence-corrected chi connectivity index (χ1v) is 6.38. The molecule has 1 aliphatic carbocycles. The monoisotopic (exact) mass is 253 g/mol. The largest absolute Gasteiger partial charge is 0.489 e. The predicted molar refractivity (Wildman–Crippen MR) is 66.9 cm³/mol. The Hall–Kier alpha value is -0.930. The van der Waals surface area contributed by atoms with Gasteiger partial charge in [0.2, 0.25) is 0 Å². The van der Waals surface area contributed by atoms with Crippen molar-refractivity contribution in [2.45, 2.75) is 31.7 Å². The van der Waals surface area contributed by atoms with Crippen molar-refractivity contribution < 1.29 is 9.47 Å². The molecule has 4 heteroatoms. The zero-order chi connectivity index (χ0) is 12.0. The van der Waals surface area contributed by atoms with E-state index in [2.05, 4.69) is 0 Å². The Morgan fingerprint density at radius 1 is 1.29 bits per heavy atom. The average molecular weight is 254 g/mol. The van der Waals surface area contributed by atoms with Gasteiger partial charge in [-0.3, -0.25) is 0 Å². The fourth-order valence-electron chi connectivity index (χ4n) is 2.43. The second-order valence-electron chi connectivity index (χ2n) is 4.89. The predicted octanol–water partition coefficient (Wildman–Crippen LogP) is 2.76. The van der Waals surface area contributed by atoms with Crippen LogP contribution in [-0.4, -0.2) is 13.2 Å². The summed E-state index contributed by atoms with van der Waals surface area (Å²) >= 11 is 6.33. The highest BCUT2D eigenvalue weighted by Gasteiger charge is 2.43. The molecular formula is C13H16ClNO2. The molecule has 3 rings (SSSR count). The molecule has 1 aromatic carbocycles. The van der Waals surface area contributed by atoms with E-state index in [0.29, 0.717) is 18.2 Å². The van der Waals surface area contributed by atoms with E-state index >= 15 is 0 Å². The molecule has 0 unspecified atom stereocenters. The van der Waals surface area contributed by atoms with Crippen LogP contribution in [0.5, 0.6) is 11.5 Å². The van der Waals surface area contributed by atoms with Crippen molar-refractivity contribution in [2.24, 2.45) is 5.73 Å². The number of rotatable bonds is 1. The van der Waals surface area contributed by atoms with Gasteiger partial charge >= 0.3 is 0 Å². The molecule has 2 N–H and O–H groups in total. The lowest BCUT2D eigenvalue weighted by molar-refractivity contribution is 0.296. The minimum Gasteiger partial charge on any atom is -0.489 e. The highest BCUT2D eigenvalue weighted by Crippen LogP contribution is 2.51. The van der Waals surface area contributed by atoms with Crippen molar-refractivity contribution in [1.82, 2.24) is 0 Å². The molecule has 0 radical (unpaired) electrons. The van der Waals surface area contributed by atoms with E-state index in [1.165, 1.54) is 0 Å². The summed E-state index contributed by atoms with van der Waals surface area (Å²) in [6.07, 6.45) is 2.88. The fourth-order valence-corrected chi connectivity index (χ4v) is 2.86. The van der Waals surface area contributed by atoms with Gasteiger partial charge in [-0.25, -0.2) is 0 Å². The van der Waals surface area contributed by atoms with Crippen molar-refractivity contribution in [3.63, 3.8) is 0 Å². The zero-order valence-corrected chi connectivity index (χ0v) is 10.6. The van der Waals surface area contributed by atoms with Crippen molar-refractivity contribution >= 4 is 11.6 Å². The number of halogens is 1. The highest BCUT2D eigenvalue weighted by molar-refractivity contribution is 6.32. The second-order valence-corrected chi connectivity index (χ2v) is 5.30. The first kappa shape index (κ1) is 11.2. The van der Waals surface area contributed by atoms with Gasteiger partial charge in [0.1, 0.15) is 0 Å². The summed E-state index contributed by atoms with van der Waals surface area (Å²) in [4.78, 5) is 0. The van der Waals surface area contributed by atoms with Crippen LogP contribution in [-0.2, 0) is 5.54 Å². The molecular weight excluding hydrogens is 238 g/mol. The van der Waals surface area contributed by atoms with Gasteiger partial charge in [0.05, 0.1) is 13.2 Å². The number of ether oxygens (including phenoxy) is 2. The van der Waals surface area contributed by atoms with Crippen molar-refractivity contribution in [2.75, 3.05) is 13.2 Å². The zero-order valence-electron chi connectivity index (χ0n) is 9.88. The molecule has 0 spiro atoms. The molecule has 0 saturated heterocycles. The molecule has 1 aromatic rings. The summed E-state index contributed by atoms with van der Waals surface area (Å²) in [6, 6.07) is 1.84. The Bertz CT molecular complexity index is 469. The number of nitrogens with two attached hydrogens (primary N) is 1. The Kier molecular flexibility index (Phi) is 2.49. The van der Waals surface area contributed by atoms with E-state index in [0.717, 1.165) is 41.9 Å². The van der Waals surface area contributed by atoms with Crippen LogP contribution in [0.4, 0.5) is 0 Å². The molecule has 1 fully saturated rings. The summed E-state index contributed by atoms with van der Waals surface area (Å²) in [5, 5.41) is 0.701. The summed E-state index contributed by atoms with van der Waals surface area (Å²) in [6.45, 7) is 3.38. The molecule has 3 nitrogen and oxygen atoms in total. The third-order valence-corrected chi connectivity index (χ3v) is 3.81. The minimum absolute atomic E-state index is 0.244. The van der Waals surface area contributed by atoms with Crippen LogP contribution in [0, 0.1) is 6.92 Å². The van der Waals surface area contributed by atoms with Crippen LogP contribution in [0.25, 0.3) is 0 Å². The van der Waals surface area contributed by atoms with E-state index in [1.54, 1.807) is 0 Å². The maximum Gasteiger partial charge on any atom is 0.164 e. The van der Waals surface area contributed by atoms with Crippen molar-refractivity contribution in [3.05, 3.63) is 22.2 Å². The van der Waals surface area contributed by atoms with E-state index in [1.807, 2.05) is 13.0 Å². The van der Waals surface area contributed by atoms with Crippen LogP contribution in [0.1, 0.15) is 30.4 Å². The first-order valence-electron chi connectivity index (χ1n) is 6.00. The van der Waals surface area contributed by atoms with Gasteiger partial charge in [0.25, 0.3) is 0 Å². The van der Waals surface area contributed by atoms with Gasteiger partial charge in [-0.1, -0.05) is 11.6 Å². The average Bonchev–Trinajstić information content (AvgIpc) is 3.02. The summed E-state index contributed by atoms with van der Waals surface area (Å²) in [7, 11) is 0. The minimum atomic E-state index is -0.244. The lowest BCUT2D eigenvalue weighted by Gasteiger charge is -2.19. The molecule has 0 amide bonds. The second kappa shape index (κ2) is 3.79. The Labute approximate surface area is 106 Å². The molecule has 0 aromatic heterocycles. The van der Waals surface area contributed by atoms with Gasteiger partial charge in [-0.15, -0.1) is 0 Å². The SMILES string of the molecule is Cc1c2c(cc(Cl)c1C1(N)CC1)OCCCO2. The lowest BCUT2D eigenvalue weighted by Crippen LogP contribution is -2.21. The quantitative estimate of drug-likeness (QED) is 0.837. The summed E-state index contributed by atoms with van der Waals surface area (Å²) in [5.41, 5.74) is 8.08. The summed E-state index contributed by atoms with van der Waals surface area (Å²) < 4.78 is 11.4. The highest BCUT2D eigenvalue weighted by atomic mass is 35.5. The third-order valence-electron chi connectivity index (χ3n) is 3.52. The van der Waals surface area contributed by atoms with Crippen LogP contribution in [0.2, 0.25) is 5.02 Å². The van der Waals surface area contributed by atoms with Gasteiger partial charge < -0.3 is 15.2 Å². The van der Waals surface area contributed by atoms with Crippen molar-refractivity contribution in [3.8, 4) is 11.5 Å². The van der Waals surface area contributed by atoms with Gasteiger partial charge in [0, 0.05) is 28.6 Å². The van der Waals surface area contributed by atoms with Crippen molar-refractivity contribution in [1.29, 1.82) is 0 Å². The Balaban J connectivity index is 2.15. The molecule has 17 heavy (non-hydrogen) atoms. The van der Waals surface area contributed by atoms with Crippen LogP contribution >= 0.6 is 11.6 Å². The molecule has 2 aliphatic rings. The van der Waals surface area contributed by atoms with E-state index < -0.39 is 0 Å². The van der Waals surface area contributed by atoms with Crippen LogP contribution < -0.4 is 15.2 Å². The fraction of sp³-hybridized carbons (Fsp3) is 0.538. The number of fused-ring (bicyclic) bond motifs is 1. The molecule has 0 bridgehead atoms. The maximum atomic E-state index is 6.33. The van der Waals surface area contributed by atoms with Crippen LogP contribution in [0.3, 0.4) is 0 Å². The van der Waals surface area contributed by atoms with E-state index in [9.17, 15) is 0 Å². The molecule has 92 valence electrons. The lowest BCUT2D eigenvalue weighted by atomic mass is 9.98. The summed E-state index contributed by atoms with van der Waals surface area (Å²) in [5.74, 6) is 1.57. The molecule has 1 heterocycles. The topological polar surface area (TPSA) is 44.5 Å². The van der Waals surface area contributed by atoms with E-state index in [4.69, 9.17) is 26.8 Å². The normalized spacial score (nSPS) is 20.9. The third kappa shape index (κ3) is 1.78. The molecule has 1 aliphatic heterocycles. The standard InChI is InChI=1S/C13H16ClNO2/c1-8-11(13(15)3-4-13)9(14)7-10-12(8)17-6-2-5-16-10/h7H,2-6,15H2,1H3. The Morgan fingerprint density at radius 2 is 2.00 bits per heavy atom. The number of hydrogen-bond acceptors (Lipinski definition) is 3. The van der Waals surface area contributed by atoms with Gasteiger partial charge in [-0.2, -0.15) is 0 Å². The molecule has 1 saturated carbocycles. The molecule has 0 atom stereocenters. The van der Waals surface area contributed by atoms with Gasteiger partial charge in [-0.05, 0) is 25.3 Å². The van der Waals surface area contributed by atoms with E-state index in [-0.39, 0.29) is 5.54 Å². The number of benzene rings is 1. The first-order chi connectivity index (χ1) is 8.12. The van der Waals surface area contributed by atoms with Crippen LogP contribution in [0.15, 0.2) is 6.07 Å². The Morgan fingerprint density at radius 3 is 2.71 bits per heavy atom.